The van der Waals surface area contributed by atoms with E-state index in [0.29, 0.717) is 0 Å². The molecule has 4 aromatic rings. The fourth-order valence-electron chi connectivity index (χ4n) is 2.99. The zero-order chi connectivity index (χ0) is 25.3. The molecule has 0 aliphatic rings. The van der Waals surface area contributed by atoms with Crippen LogP contribution < -0.4 is 0 Å². The molecule has 4 aromatic carbocycles. The third-order valence-corrected chi connectivity index (χ3v) is 6.78. The summed E-state index contributed by atoms with van der Waals surface area (Å²) >= 11 is 3.57. The summed E-state index contributed by atoms with van der Waals surface area (Å²) in [5.74, 6) is 2.43. The predicted octanol–water partition coefficient (Wildman–Crippen LogP) is 7.20. The molecule has 0 saturated heterocycles. The van der Waals surface area contributed by atoms with Gasteiger partial charge in [0.15, 0.2) is 0 Å². The van der Waals surface area contributed by atoms with E-state index in [0.717, 1.165) is 35.7 Å². The first-order valence-electron chi connectivity index (χ1n) is 11.6. The van der Waals surface area contributed by atoms with Gasteiger partial charge in [0.05, 0.1) is 0 Å². The number of phenolic OH excluding ortho intramolecular Hbond substituents is 2. The van der Waals surface area contributed by atoms with E-state index in [1.807, 2.05) is 60.7 Å². The van der Waals surface area contributed by atoms with Gasteiger partial charge >= 0.3 is 0 Å². The third-order valence-electron chi connectivity index (χ3n) is 4.80. The minimum atomic E-state index is 0. The van der Waals surface area contributed by atoms with Crippen molar-refractivity contribution in [3.63, 3.8) is 0 Å². The summed E-state index contributed by atoms with van der Waals surface area (Å²) < 4.78 is 0. The van der Waals surface area contributed by atoms with E-state index in [4.69, 9.17) is 0 Å². The summed E-state index contributed by atoms with van der Waals surface area (Å²) in [6.07, 6.45) is 3.45. The summed E-state index contributed by atoms with van der Waals surface area (Å²) in [4.78, 5) is 11.1. The molecule has 0 spiro atoms. The van der Waals surface area contributed by atoms with Gasteiger partial charge in [-0.15, -0.1) is 23.5 Å². The topological polar surface area (TPSA) is 65.2 Å². The van der Waals surface area contributed by atoms with Crippen LogP contribution in [0.1, 0.15) is 11.1 Å². The number of hydrogen-bond acceptors (Lipinski definition) is 6. The third kappa shape index (κ3) is 12.2. The molecule has 0 atom stereocenters. The molecule has 0 amide bonds. The quantitative estimate of drug-likeness (QED) is 0.0905. The van der Waals surface area contributed by atoms with Gasteiger partial charge in [0.2, 0.25) is 0 Å². The van der Waals surface area contributed by atoms with Gasteiger partial charge in [-0.1, -0.05) is 60.7 Å². The Kier molecular flexibility index (Phi) is 15.0. The Morgan fingerprint density at radius 1 is 0.514 bits per heavy atom. The Morgan fingerprint density at radius 2 is 0.865 bits per heavy atom. The van der Waals surface area contributed by atoms with Gasteiger partial charge in [0, 0.05) is 75.0 Å². The van der Waals surface area contributed by atoms with Crippen LogP contribution in [0, 0.1) is 0 Å². The van der Waals surface area contributed by atoms with Gasteiger partial charge in [-0.2, -0.15) is 0 Å². The van der Waals surface area contributed by atoms with Gasteiger partial charge in [-0.3, -0.25) is 9.98 Å². The second-order valence-electron chi connectivity index (χ2n) is 7.51. The maximum atomic E-state index is 9.55. The van der Waals surface area contributed by atoms with E-state index >= 15 is 0 Å². The van der Waals surface area contributed by atoms with E-state index in [1.54, 1.807) is 60.2 Å². The average Bonchev–Trinajstić information content (AvgIpc) is 2.92. The van der Waals surface area contributed by atoms with Gasteiger partial charge in [-0.25, -0.2) is 0 Å². The van der Waals surface area contributed by atoms with Crippen LogP contribution in [-0.4, -0.2) is 47.2 Å². The van der Waals surface area contributed by atoms with Crippen molar-refractivity contribution in [2.24, 2.45) is 9.98 Å². The second-order valence-corrected chi connectivity index (χ2v) is 9.85. The van der Waals surface area contributed by atoms with Crippen LogP contribution in [0.3, 0.4) is 0 Å². The molecule has 0 aliphatic carbocycles. The molecule has 0 aliphatic heterocycles. The predicted molar refractivity (Wildman–Crippen MR) is 155 cm³/mol. The van der Waals surface area contributed by atoms with Crippen molar-refractivity contribution in [3.05, 3.63) is 120 Å². The maximum absolute atomic E-state index is 9.55. The first-order chi connectivity index (χ1) is 17.7. The van der Waals surface area contributed by atoms with Crippen LogP contribution in [0.4, 0.5) is 0 Å². The Balaban J connectivity index is 0.000000253. The molecule has 0 fully saturated rings. The van der Waals surface area contributed by atoms with Crippen molar-refractivity contribution in [1.82, 2.24) is 0 Å². The van der Waals surface area contributed by atoms with Crippen LogP contribution in [0.25, 0.3) is 0 Å². The zero-order valence-corrected chi connectivity index (χ0v) is 22.9. The smallest absolute Gasteiger partial charge is 0.124 e. The molecular weight excluding hydrogens is 548 g/mol. The molecule has 195 valence electrons. The van der Waals surface area contributed by atoms with Crippen molar-refractivity contribution in [1.29, 1.82) is 0 Å². The number of phenols is 2. The monoisotopic (exact) mass is 577 g/mol. The van der Waals surface area contributed by atoms with Gasteiger partial charge in [0.1, 0.15) is 11.5 Å². The number of rotatable bonds is 10. The van der Waals surface area contributed by atoms with Crippen LogP contribution in [-0.2, 0) is 17.1 Å². The van der Waals surface area contributed by atoms with Crippen molar-refractivity contribution in [3.8, 4) is 11.5 Å². The van der Waals surface area contributed by atoms with E-state index in [1.165, 1.54) is 9.79 Å². The van der Waals surface area contributed by atoms with E-state index in [2.05, 4.69) is 34.3 Å². The van der Waals surface area contributed by atoms with E-state index in [-0.39, 0.29) is 28.6 Å². The van der Waals surface area contributed by atoms with Crippen molar-refractivity contribution in [2.75, 3.05) is 24.6 Å². The molecule has 4 rings (SSSR count). The van der Waals surface area contributed by atoms with Gasteiger partial charge in [-0.05, 0) is 48.5 Å². The SMILES string of the molecule is Oc1ccccc1C=NCCSc1ccccc1.Oc1ccccc1C=NCCSc1ccccc1.[Cu]. The normalized spacial score (nSPS) is 10.6. The molecule has 2 N–H and O–H groups in total. The van der Waals surface area contributed by atoms with Gasteiger partial charge < -0.3 is 10.2 Å². The number of para-hydroxylation sites is 2. The number of benzene rings is 4. The average molecular weight is 578 g/mol. The van der Waals surface area contributed by atoms with E-state index < -0.39 is 0 Å². The fourth-order valence-corrected chi connectivity index (χ4v) is 4.55. The standard InChI is InChI=1S/2C15H15NOS.Cu/c2*17-15-9-5-4-6-13(15)12-16-10-11-18-14-7-2-1-3-8-14;/h2*1-9,12,17H,10-11H2;. The minimum absolute atomic E-state index is 0. The number of nitrogens with zero attached hydrogens (tertiary/aromatic N) is 2. The molecule has 4 nitrogen and oxygen atoms in total. The Labute approximate surface area is 238 Å². The van der Waals surface area contributed by atoms with Crippen LogP contribution >= 0.6 is 23.5 Å². The first-order valence-corrected chi connectivity index (χ1v) is 13.6. The molecule has 0 saturated carbocycles. The first kappa shape index (κ1) is 30.3. The van der Waals surface area contributed by atoms with Crippen molar-refractivity contribution >= 4 is 36.0 Å². The molecule has 7 heteroatoms. The van der Waals surface area contributed by atoms with Crippen LogP contribution in [0.15, 0.2) is 129 Å². The Bertz CT molecular complexity index is 1130. The summed E-state index contributed by atoms with van der Waals surface area (Å²) in [6.45, 7) is 1.49. The molecule has 0 bridgehead atoms. The largest absolute Gasteiger partial charge is 0.507 e. The molecular formula is C30H30CuN2O2S2. The number of thioether (sulfide) groups is 2. The second kappa shape index (κ2) is 18.3. The number of hydrogen-bond donors (Lipinski definition) is 2. The minimum Gasteiger partial charge on any atom is -0.507 e. The summed E-state index contributed by atoms with van der Waals surface area (Å²) in [6, 6.07) is 35.0. The van der Waals surface area contributed by atoms with E-state index in [9.17, 15) is 10.2 Å². The number of aromatic hydroxyl groups is 2. The van der Waals surface area contributed by atoms with Crippen molar-refractivity contribution in [2.45, 2.75) is 9.79 Å². The molecule has 37 heavy (non-hydrogen) atoms. The zero-order valence-electron chi connectivity index (χ0n) is 20.3. The fraction of sp³-hybridized carbons (Fsp3) is 0.133. The number of aliphatic imine (C=N–C) groups is 2. The molecule has 0 heterocycles. The van der Waals surface area contributed by atoms with Gasteiger partial charge in [0.25, 0.3) is 0 Å². The summed E-state index contributed by atoms with van der Waals surface area (Å²) in [7, 11) is 0. The molecule has 0 unspecified atom stereocenters. The summed E-state index contributed by atoms with van der Waals surface area (Å²) in [5.41, 5.74) is 1.53. The van der Waals surface area contributed by atoms with Crippen LogP contribution in [0.5, 0.6) is 11.5 Å². The molecule has 1 radical (unpaired) electrons. The maximum Gasteiger partial charge on any atom is 0.124 e. The van der Waals surface area contributed by atoms with Crippen LogP contribution in [0.2, 0.25) is 0 Å². The molecule has 0 aromatic heterocycles. The Morgan fingerprint density at radius 3 is 1.24 bits per heavy atom. The van der Waals surface area contributed by atoms with Crippen molar-refractivity contribution < 1.29 is 27.3 Å². The Hall–Kier alpha value is -2.96. The summed E-state index contributed by atoms with van der Waals surface area (Å²) in [5, 5.41) is 19.1.